The number of pyridine rings is 1. The second kappa shape index (κ2) is 8.90. The van der Waals surface area contributed by atoms with Crippen LogP contribution >= 0.6 is 11.8 Å². The normalized spacial score (nSPS) is 15.9. The van der Waals surface area contributed by atoms with Crippen LogP contribution in [0, 0.1) is 6.92 Å². The Hall–Kier alpha value is -3.33. The molecule has 1 N–H and O–H groups in total. The number of aromatic carboxylic acids is 1. The number of hydrogen-bond donors (Lipinski definition) is 1. The maximum absolute atomic E-state index is 13.6. The van der Waals surface area contributed by atoms with Gasteiger partial charge in [0.25, 0.3) is 0 Å². The van der Waals surface area contributed by atoms with Crippen LogP contribution in [0.3, 0.4) is 0 Å². The number of benzene rings is 2. The number of carboxylic acids is 1. The maximum Gasteiger partial charge on any atom is 0.416 e. The van der Waals surface area contributed by atoms with E-state index in [1.165, 1.54) is 47.0 Å². The molecule has 9 heteroatoms. The number of aryl methyl sites for hydroxylation is 1. The predicted molar refractivity (Wildman–Crippen MR) is 118 cm³/mol. The fraction of sp³-hybridized carbons (Fsp3) is 0.208. The molecule has 2 heterocycles. The fourth-order valence-corrected chi connectivity index (χ4v) is 5.08. The van der Waals surface area contributed by atoms with Gasteiger partial charge in [-0.25, -0.2) is 9.78 Å². The molecule has 1 unspecified atom stereocenters. The van der Waals surface area contributed by atoms with Crippen molar-refractivity contribution in [1.29, 1.82) is 0 Å². The van der Waals surface area contributed by atoms with Crippen LogP contribution < -0.4 is 4.90 Å². The number of anilines is 1. The molecule has 0 radical (unpaired) electrons. The summed E-state index contributed by atoms with van der Waals surface area (Å²) in [7, 11) is 0. The van der Waals surface area contributed by atoms with Crippen LogP contribution in [-0.2, 0) is 23.9 Å². The summed E-state index contributed by atoms with van der Waals surface area (Å²) < 4.78 is 40.7. The van der Waals surface area contributed by atoms with Gasteiger partial charge in [-0.1, -0.05) is 42.1 Å². The summed E-state index contributed by atoms with van der Waals surface area (Å²) in [6, 6.07) is 13.2. The summed E-state index contributed by atoms with van der Waals surface area (Å²) in [6.45, 7) is 1.56. The predicted octanol–water partition coefficient (Wildman–Crippen LogP) is 5.36. The van der Waals surface area contributed by atoms with E-state index in [-0.39, 0.29) is 30.0 Å². The van der Waals surface area contributed by atoms with Gasteiger partial charge in [0.1, 0.15) is 5.03 Å². The van der Waals surface area contributed by atoms with Gasteiger partial charge in [-0.05, 0) is 54.3 Å². The zero-order valence-corrected chi connectivity index (χ0v) is 18.3. The Labute approximate surface area is 192 Å². The number of rotatable bonds is 5. The molecular weight excluding hydrogens is 453 g/mol. The van der Waals surface area contributed by atoms with E-state index >= 15 is 0 Å². The van der Waals surface area contributed by atoms with E-state index in [9.17, 15) is 22.8 Å². The van der Waals surface area contributed by atoms with Crippen molar-refractivity contribution in [1.82, 2.24) is 4.98 Å². The van der Waals surface area contributed by atoms with Crippen molar-refractivity contribution in [3.8, 4) is 0 Å². The quantitative estimate of drug-likeness (QED) is 0.542. The smallest absolute Gasteiger partial charge is 0.416 e. The number of thioether (sulfide) groups is 1. The van der Waals surface area contributed by atoms with Crippen LogP contribution in [-0.4, -0.2) is 27.2 Å². The molecule has 0 fully saturated rings. The molecule has 0 aliphatic carbocycles. The van der Waals surface area contributed by atoms with Crippen molar-refractivity contribution in [2.75, 3.05) is 4.90 Å². The van der Waals surface area contributed by atoms with Crippen molar-refractivity contribution < 1.29 is 27.9 Å². The van der Waals surface area contributed by atoms with Crippen molar-refractivity contribution in [3.63, 3.8) is 0 Å². The monoisotopic (exact) mass is 472 g/mol. The summed E-state index contributed by atoms with van der Waals surface area (Å²) >= 11 is 1.27. The molecule has 1 aliphatic rings. The molecule has 1 amide bonds. The molecule has 0 spiro atoms. The van der Waals surface area contributed by atoms with E-state index in [0.29, 0.717) is 10.7 Å². The molecule has 0 saturated heterocycles. The zero-order chi connectivity index (χ0) is 23.8. The number of carboxylic acid groups (broad SMARTS) is 1. The molecule has 4 rings (SSSR count). The zero-order valence-electron chi connectivity index (χ0n) is 17.5. The third-order valence-electron chi connectivity index (χ3n) is 5.43. The topological polar surface area (TPSA) is 70.5 Å². The molecule has 170 valence electrons. The average Bonchev–Trinajstić information content (AvgIpc) is 2.76. The highest BCUT2D eigenvalue weighted by molar-refractivity contribution is 8.00. The first-order valence-electron chi connectivity index (χ1n) is 10.1. The van der Waals surface area contributed by atoms with Crippen LogP contribution in [0.4, 0.5) is 18.9 Å². The molecule has 1 aromatic heterocycles. The molecule has 5 nitrogen and oxygen atoms in total. The molecule has 1 atom stereocenters. The first kappa shape index (κ1) is 22.8. The summed E-state index contributed by atoms with van der Waals surface area (Å²) in [6.07, 6.45) is -2.64. The van der Waals surface area contributed by atoms with E-state index < -0.39 is 23.0 Å². The second-order valence-electron chi connectivity index (χ2n) is 7.67. The molecule has 0 bridgehead atoms. The lowest BCUT2D eigenvalue weighted by Crippen LogP contribution is -2.42. The molecule has 2 aromatic carbocycles. The maximum atomic E-state index is 13.6. The van der Waals surface area contributed by atoms with E-state index in [4.69, 9.17) is 5.11 Å². The number of hydrogen-bond acceptors (Lipinski definition) is 4. The minimum absolute atomic E-state index is 0.00372. The molecule has 1 aliphatic heterocycles. The Morgan fingerprint density at radius 2 is 1.82 bits per heavy atom. The van der Waals surface area contributed by atoms with Crippen LogP contribution in [0.15, 0.2) is 65.8 Å². The van der Waals surface area contributed by atoms with Gasteiger partial charge in [0.05, 0.1) is 28.6 Å². The minimum Gasteiger partial charge on any atom is -0.478 e. The van der Waals surface area contributed by atoms with Gasteiger partial charge in [-0.3, -0.25) is 4.79 Å². The van der Waals surface area contributed by atoms with Crippen molar-refractivity contribution in [2.45, 2.75) is 36.3 Å². The fourth-order valence-electron chi connectivity index (χ4n) is 3.80. The summed E-state index contributed by atoms with van der Waals surface area (Å²) in [5, 5.41) is 9.04. The number of amides is 1. The number of fused-ring (bicyclic) bond motifs is 1. The second-order valence-corrected chi connectivity index (χ2v) is 8.87. The Morgan fingerprint density at radius 1 is 1.12 bits per heavy atom. The lowest BCUT2D eigenvalue weighted by atomic mass is 10.0. The van der Waals surface area contributed by atoms with Crippen LogP contribution in [0.1, 0.15) is 32.6 Å². The minimum atomic E-state index is -4.54. The number of alkyl halides is 3. The Bertz CT molecular complexity index is 1210. The molecule has 33 heavy (non-hydrogen) atoms. The third kappa shape index (κ3) is 4.73. The summed E-state index contributed by atoms with van der Waals surface area (Å²) in [5.41, 5.74) is 1.37. The highest BCUT2D eigenvalue weighted by Crippen LogP contribution is 2.42. The van der Waals surface area contributed by atoms with Crippen molar-refractivity contribution in [2.24, 2.45) is 0 Å². The van der Waals surface area contributed by atoms with E-state index in [2.05, 4.69) is 4.98 Å². The number of aromatic nitrogens is 1. The van der Waals surface area contributed by atoms with Crippen LogP contribution in [0.2, 0.25) is 0 Å². The first-order chi connectivity index (χ1) is 15.6. The SMILES string of the molecule is Cc1ccnc2c1N(Cc1ccccc1C(F)(F)F)C(=O)C(Cc1ccc(C(=O)O)cc1)S2. The van der Waals surface area contributed by atoms with Gasteiger partial charge in [0.2, 0.25) is 5.91 Å². The average molecular weight is 472 g/mol. The van der Waals surface area contributed by atoms with Gasteiger partial charge >= 0.3 is 12.1 Å². The highest BCUT2D eigenvalue weighted by atomic mass is 32.2. The van der Waals surface area contributed by atoms with E-state index in [1.54, 1.807) is 31.3 Å². The lowest BCUT2D eigenvalue weighted by Gasteiger charge is -2.34. The Kier molecular flexibility index (Phi) is 6.16. The van der Waals surface area contributed by atoms with Gasteiger partial charge in [0.15, 0.2) is 0 Å². The number of halogens is 3. The lowest BCUT2D eigenvalue weighted by molar-refractivity contribution is -0.138. The van der Waals surface area contributed by atoms with Crippen molar-refractivity contribution >= 4 is 29.3 Å². The number of nitrogens with zero attached hydrogens (tertiary/aromatic N) is 2. The molecule has 0 saturated carbocycles. The Morgan fingerprint density at radius 3 is 2.48 bits per heavy atom. The van der Waals surface area contributed by atoms with Gasteiger partial charge < -0.3 is 10.0 Å². The van der Waals surface area contributed by atoms with Crippen LogP contribution in [0.5, 0.6) is 0 Å². The van der Waals surface area contributed by atoms with Gasteiger partial charge in [0, 0.05) is 6.20 Å². The number of carbonyl (C=O) groups is 2. The summed E-state index contributed by atoms with van der Waals surface area (Å²) in [4.78, 5) is 30.3. The molecule has 3 aromatic rings. The van der Waals surface area contributed by atoms with Crippen molar-refractivity contribution in [3.05, 3.63) is 88.6 Å². The van der Waals surface area contributed by atoms with E-state index in [0.717, 1.165) is 17.2 Å². The third-order valence-corrected chi connectivity index (χ3v) is 6.61. The number of carbonyl (C=O) groups excluding carboxylic acids is 1. The Balaban J connectivity index is 1.69. The highest BCUT2D eigenvalue weighted by Gasteiger charge is 2.38. The largest absolute Gasteiger partial charge is 0.478 e. The van der Waals surface area contributed by atoms with Crippen LogP contribution in [0.25, 0.3) is 0 Å². The van der Waals surface area contributed by atoms with Gasteiger partial charge in [-0.15, -0.1) is 0 Å². The first-order valence-corrected chi connectivity index (χ1v) is 10.9. The molecular formula is C24H19F3N2O3S. The summed E-state index contributed by atoms with van der Waals surface area (Å²) in [5.74, 6) is -1.37. The standard InChI is InChI=1S/C24H19F3N2O3S/c1-14-10-11-28-21-20(14)29(13-17-4-2-3-5-18(17)24(25,26)27)22(30)19(33-21)12-15-6-8-16(9-7-15)23(31)32/h2-11,19H,12-13H2,1H3,(H,31,32). The van der Waals surface area contributed by atoms with E-state index in [1.807, 2.05) is 0 Å². The van der Waals surface area contributed by atoms with Gasteiger partial charge in [-0.2, -0.15) is 13.2 Å².